The molecule has 0 saturated heterocycles. The summed E-state index contributed by atoms with van der Waals surface area (Å²) in [5, 5.41) is 7.95. The van der Waals surface area contributed by atoms with E-state index in [0.29, 0.717) is 0 Å². The van der Waals surface area contributed by atoms with Crippen molar-refractivity contribution < 1.29 is 4.74 Å². The molecule has 0 fully saturated rings. The standard InChI is InChI=1S/C16H22BrN3O/c1-11-12(2)19-20(13(11)3)15-6-5-14(16(17)9-15)10-18-7-8-21-4/h5-6,9,18H,7-8,10H2,1-4H3. The van der Waals surface area contributed by atoms with Crippen molar-refractivity contribution in [2.24, 2.45) is 0 Å². The zero-order chi connectivity index (χ0) is 15.4. The van der Waals surface area contributed by atoms with Gasteiger partial charge in [0.2, 0.25) is 0 Å². The summed E-state index contributed by atoms with van der Waals surface area (Å²) in [5.74, 6) is 0. The average molecular weight is 352 g/mol. The van der Waals surface area contributed by atoms with Gasteiger partial charge >= 0.3 is 0 Å². The van der Waals surface area contributed by atoms with Crippen LogP contribution in [0, 0.1) is 20.8 Å². The second kappa shape index (κ2) is 7.20. The Balaban J connectivity index is 2.16. The van der Waals surface area contributed by atoms with E-state index in [-0.39, 0.29) is 0 Å². The van der Waals surface area contributed by atoms with Gasteiger partial charge in [0.25, 0.3) is 0 Å². The van der Waals surface area contributed by atoms with E-state index in [4.69, 9.17) is 4.74 Å². The second-order valence-corrected chi connectivity index (χ2v) is 6.01. The molecule has 0 spiro atoms. The average Bonchev–Trinajstić information content (AvgIpc) is 2.72. The van der Waals surface area contributed by atoms with Crippen molar-refractivity contribution in [1.82, 2.24) is 15.1 Å². The third kappa shape index (κ3) is 3.73. The molecule has 2 rings (SSSR count). The zero-order valence-electron chi connectivity index (χ0n) is 13.0. The fourth-order valence-corrected chi connectivity index (χ4v) is 2.69. The molecule has 0 amide bonds. The molecule has 0 bridgehead atoms. The normalized spacial score (nSPS) is 11.1. The highest BCUT2D eigenvalue weighted by atomic mass is 79.9. The van der Waals surface area contributed by atoms with Gasteiger partial charge in [-0.3, -0.25) is 0 Å². The zero-order valence-corrected chi connectivity index (χ0v) is 14.6. The fourth-order valence-electron chi connectivity index (χ4n) is 2.18. The second-order valence-electron chi connectivity index (χ2n) is 5.15. The number of halogens is 1. The first-order valence-electron chi connectivity index (χ1n) is 7.06. The topological polar surface area (TPSA) is 39.1 Å². The van der Waals surface area contributed by atoms with Crippen LogP contribution in [-0.4, -0.2) is 30.0 Å². The third-order valence-corrected chi connectivity index (χ3v) is 4.47. The van der Waals surface area contributed by atoms with Gasteiger partial charge in [-0.05, 0) is 44.0 Å². The molecule has 0 atom stereocenters. The van der Waals surface area contributed by atoms with E-state index in [9.17, 15) is 0 Å². The lowest BCUT2D eigenvalue weighted by atomic mass is 10.2. The highest BCUT2D eigenvalue weighted by molar-refractivity contribution is 9.10. The number of nitrogens with one attached hydrogen (secondary N) is 1. The molecule has 0 aliphatic carbocycles. The summed E-state index contributed by atoms with van der Waals surface area (Å²) in [6.45, 7) is 8.64. The minimum atomic E-state index is 0.723. The van der Waals surface area contributed by atoms with Crippen molar-refractivity contribution in [3.63, 3.8) is 0 Å². The summed E-state index contributed by atoms with van der Waals surface area (Å²) >= 11 is 3.65. The Kier molecular flexibility index (Phi) is 5.56. The maximum absolute atomic E-state index is 5.03. The molecule has 0 unspecified atom stereocenters. The Labute approximate surface area is 134 Å². The van der Waals surface area contributed by atoms with Crippen LogP contribution in [-0.2, 0) is 11.3 Å². The van der Waals surface area contributed by atoms with Crippen LogP contribution in [0.5, 0.6) is 0 Å². The van der Waals surface area contributed by atoms with Crippen molar-refractivity contribution in [2.75, 3.05) is 20.3 Å². The lowest BCUT2D eigenvalue weighted by molar-refractivity contribution is 0.199. The number of hydrogen-bond acceptors (Lipinski definition) is 3. The molecule has 2 aromatic rings. The predicted octanol–water partition coefficient (Wildman–Crippen LogP) is 3.30. The summed E-state index contributed by atoms with van der Waals surface area (Å²) in [6, 6.07) is 6.36. The van der Waals surface area contributed by atoms with E-state index in [1.54, 1.807) is 7.11 Å². The van der Waals surface area contributed by atoms with E-state index in [1.165, 1.54) is 16.8 Å². The van der Waals surface area contributed by atoms with Gasteiger partial charge in [-0.15, -0.1) is 0 Å². The molecule has 1 aromatic heterocycles. The highest BCUT2D eigenvalue weighted by Crippen LogP contribution is 2.23. The predicted molar refractivity (Wildman–Crippen MR) is 89.1 cm³/mol. The van der Waals surface area contributed by atoms with E-state index in [2.05, 4.69) is 58.4 Å². The van der Waals surface area contributed by atoms with Crippen LogP contribution >= 0.6 is 15.9 Å². The number of rotatable bonds is 6. The van der Waals surface area contributed by atoms with Gasteiger partial charge in [0, 0.05) is 30.4 Å². The lowest BCUT2D eigenvalue weighted by Gasteiger charge is -2.10. The number of hydrogen-bond donors (Lipinski definition) is 1. The van der Waals surface area contributed by atoms with Crippen LogP contribution in [0.2, 0.25) is 0 Å². The highest BCUT2D eigenvalue weighted by Gasteiger charge is 2.10. The third-order valence-electron chi connectivity index (χ3n) is 3.73. The number of aromatic nitrogens is 2. The molecular formula is C16H22BrN3O. The van der Waals surface area contributed by atoms with Crippen molar-refractivity contribution in [3.05, 3.63) is 45.2 Å². The summed E-state index contributed by atoms with van der Waals surface area (Å²) in [5.41, 5.74) is 5.82. The Morgan fingerprint density at radius 1 is 1.29 bits per heavy atom. The van der Waals surface area contributed by atoms with Crippen molar-refractivity contribution >= 4 is 15.9 Å². The first-order chi connectivity index (χ1) is 10.0. The Morgan fingerprint density at radius 2 is 2.05 bits per heavy atom. The summed E-state index contributed by atoms with van der Waals surface area (Å²) < 4.78 is 8.12. The minimum Gasteiger partial charge on any atom is -0.383 e. The van der Waals surface area contributed by atoms with Gasteiger partial charge in [0.05, 0.1) is 18.0 Å². The van der Waals surface area contributed by atoms with E-state index < -0.39 is 0 Å². The van der Waals surface area contributed by atoms with Gasteiger partial charge in [0.15, 0.2) is 0 Å². The monoisotopic (exact) mass is 351 g/mol. The van der Waals surface area contributed by atoms with Crippen molar-refractivity contribution in [1.29, 1.82) is 0 Å². The number of benzene rings is 1. The molecule has 0 saturated carbocycles. The fraction of sp³-hybridized carbons (Fsp3) is 0.438. The van der Waals surface area contributed by atoms with Crippen molar-refractivity contribution in [3.8, 4) is 5.69 Å². The summed E-state index contributed by atoms with van der Waals surface area (Å²) in [6.07, 6.45) is 0. The quantitative estimate of drug-likeness (QED) is 0.811. The van der Waals surface area contributed by atoms with Gasteiger partial charge in [-0.2, -0.15) is 5.10 Å². The Bertz CT molecular complexity index is 622. The van der Waals surface area contributed by atoms with Crippen molar-refractivity contribution in [2.45, 2.75) is 27.3 Å². The summed E-state index contributed by atoms with van der Waals surface area (Å²) in [4.78, 5) is 0. The van der Waals surface area contributed by atoms with Gasteiger partial charge in [-0.1, -0.05) is 22.0 Å². The Hall–Kier alpha value is -1.17. The first kappa shape index (κ1) is 16.2. The maximum atomic E-state index is 5.03. The van der Waals surface area contributed by atoms with Crippen LogP contribution in [0.15, 0.2) is 22.7 Å². The molecule has 21 heavy (non-hydrogen) atoms. The molecule has 114 valence electrons. The lowest BCUT2D eigenvalue weighted by Crippen LogP contribution is -2.18. The van der Waals surface area contributed by atoms with Crippen LogP contribution in [0.1, 0.15) is 22.5 Å². The van der Waals surface area contributed by atoms with E-state index in [1.807, 2.05) is 11.6 Å². The molecule has 5 heteroatoms. The molecule has 0 aliphatic heterocycles. The van der Waals surface area contributed by atoms with Crippen LogP contribution in [0.4, 0.5) is 0 Å². The maximum Gasteiger partial charge on any atom is 0.0660 e. The van der Waals surface area contributed by atoms with Crippen LogP contribution in [0.25, 0.3) is 5.69 Å². The van der Waals surface area contributed by atoms with Gasteiger partial charge < -0.3 is 10.1 Å². The largest absolute Gasteiger partial charge is 0.383 e. The molecule has 1 aromatic carbocycles. The number of nitrogens with zero attached hydrogens (tertiary/aromatic N) is 2. The van der Waals surface area contributed by atoms with Crippen LogP contribution in [0.3, 0.4) is 0 Å². The smallest absolute Gasteiger partial charge is 0.0660 e. The number of ether oxygens (including phenoxy) is 1. The number of methoxy groups -OCH3 is 1. The van der Waals surface area contributed by atoms with E-state index in [0.717, 1.165) is 35.6 Å². The molecule has 0 radical (unpaired) electrons. The van der Waals surface area contributed by atoms with Gasteiger partial charge in [0.1, 0.15) is 0 Å². The van der Waals surface area contributed by atoms with E-state index >= 15 is 0 Å². The Morgan fingerprint density at radius 3 is 2.62 bits per heavy atom. The van der Waals surface area contributed by atoms with Crippen LogP contribution < -0.4 is 5.32 Å². The minimum absolute atomic E-state index is 0.723. The number of aryl methyl sites for hydroxylation is 1. The van der Waals surface area contributed by atoms with Gasteiger partial charge in [-0.25, -0.2) is 4.68 Å². The summed E-state index contributed by atoms with van der Waals surface area (Å²) in [7, 11) is 1.71. The molecular weight excluding hydrogens is 330 g/mol. The molecule has 0 aliphatic rings. The SMILES string of the molecule is COCCNCc1ccc(-n2nc(C)c(C)c2C)cc1Br. The molecule has 1 N–H and O–H groups in total. The molecule has 4 nitrogen and oxygen atoms in total. The first-order valence-corrected chi connectivity index (χ1v) is 7.85. The molecule has 1 heterocycles.